The zero-order valence-corrected chi connectivity index (χ0v) is 16.4. The molecule has 0 bridgehead atoms. The maximum Gasteiger partial charge on any atom is 0.326 e. The molecule has 0 unspecified atom stereocenters. The monoisotopic (exact) mass is 400 g/mol. The van der Waals surface area contributed by atoms with Gasteiger partial charge >= 0.3 is 5.97 Å². The number of hydrogen-bond acceptors (Lipinski definition) is 4. The molecule has 28 heavy (non-hydrogen) atoms. The summed E-state index contributed by atoms with van der Waals surface area (Å²) in [6.07, 6.45) is 2.45. The Hall–Kier alpha value is -2.80. The van der Waals surface area contributed by atoms with Crippen LogP contribution in [0.2, 0.25) is 0 Å². The molecule has 2 atom stereocenters. The molecule has 0 saturated carbocycles. The number of carboxylic acids is 1. The van der Waals surface area contributed by atoms with Gasteiger partial charge in [0.15, 0.2) is 0 Å². The lowest BCUT2D eigenvalue weighted by molar-refractivity contribution is -0.142. The van der Waals surface area contributed by atoms with Gasteiger partial charge in [0, 0.05) is 12.0 Å². The van der Waals surface area contributed by atoms with Crippen molar-refractivity contribution in [2.45, 2.75) is 24.9 Å². The summed E-state index contributed by atoms with van der Waals surface area (Å²) in [6.45, 7) is 0. The van der Waals surface area contributed by atoms with Crippen molar-refractivity contribution in [2.24, 2.45) is 0 Å². The van der Waals surface area contributed by atoms with Crippen molar-refractivity contribution in [1.82, 2.24) is 10.6 Å². The highest BCUT2D eigenvalue weighted by atomic mass is 32.2. The fourth-order valence-corrected chi connectivity index (χ4v) is 3.13. The Labute approximate surface area is 168 Å². The van der Waals surface area contributed by atoms with E-state index in [2.05, 4.69) is 10.6 Å². The first kappa shape index (κ1) is 21.5. The summed E-state index contributed by atoms with van der Waals surface area (Å²) in [5.74, 6) is -1.37. The third-order valence-corrected chi connectivity index (χ3v) is 4.81. The largest absolute Gasteiger partial charge is 0.480 e. The molecule has 2 amide bonds. The number of nitrogens with one attached hydrogen (secondary N) is 2. The Morgan fingerprint density at radius 3 is 2.11 bits per heavy atom. The number of amides is 2. The molecule has 0 aliphatic rings. The van der Waals surface area contributed by atoms with Crippen molar-refractivity contribution in [2.75, 3.05) is 12.0 Å². The van der Waals surface area contributed by atoms with Gasteiger partial charge in [-0.3, -0.25) is 9.59 Å². The number of carbonyl (C=O) groups excluding carboxylic acids is 2. The van der Waals surface area contributed by atoms with E-state index in [1.54, 1.807) is 30.3 Å². The predicted molar refractivity (Wildman–Crippen MR) is 110 cm³/mol. The summed E-state index contributed by atoms with van der Waals surface area (Å²) in [5.41, 5.74) is 1.30. The van der Waals surface area contributed by atoms with Crippen molar-refractivity contribution in [3.63, 3.8) is 0 Å². The molecule has 0 heterocycles. The molecule has 0 fully saturated rings. The fourth-order valence-electron chi connectivity index (χ4n) is 2.66. The number of thioether (sulfide) groups is 1. The number of hydrogen-bond donors (Lipinski definition) is 3. The lowest BCUT2D eigenvalue weighted by Crippen LogP contribution is -2.52. The van der Waals surface area contributed by atoms with Crippen LogP contribution in [0.5, 0.6) is 0 Å². The summed E-state index contributed by atoms with van der Waals surface area (Å²) < 4.78 is 0. The molecule has 148 valence electrons. The first-order chi connectivity index (χ1) is 13.5. The molecule has 0 aliphatic heterocycles. The van der Waals surface area contributed by atoms with E-state index in [0.717, 1.165) is 5.56 Å². The smallest absolute Gasteiger partial charge is 0.326 e. The number of carboxylic acid groups (broad SMARTS) is 1. The molecule has 0 aliphatic carbocycles. The summed E-state index contributed by atoms with van der Waals surface area (Å²) in [6, 6.07) is 16.0. The predicted octanol–water partition coefficient (Wildman–Crippen LogP) is 2.35. The van der Waals surface area contributed by atoms with Crippen LogP contribution in [0.25, 0.3) is 0 Å². The quantitative estimate of drug-likeness (QED) is 0.569. The Morgan fingerprint density at radius 2 is 1.54 bits per heavy atom. The van der Waals surface area contributed by atoms with Gasteiger partial charge in [0.1, 0.15) is 12.1 Å². The molecule has 0 saturated heterocycles. The number of rotatable bonds is 10. The van der Waals surface area contributed by atoms with Crippen molar-refractivity contribution >= 4 is 29.5 Å². The lowest BCUT2D eigenvalue weighted by Gasteiger charge is -2.21. The van der Waals surface area contributed by atoms with E-state index >= 15 is 0 Å². The Kier molecular flexibility index (Phi) is 8.55. The highest BCUT2D eigenvalue weighted by molar-refractivity contribution is 7.98. The van der Waals surface area contributed by atoms with Crippen LogP contribution in [-0.2, 0) is 16.0 Å². The van der Waals surface area contributed by atoms with Gasteiger partial charge in [0.05, 0.1) is 0 Å². The van der Waals surface area contributed by atoms with Crippen molar-refractivity contribution < 1.29 is 19.5 Å². The second-order valence-electron chi connectivity index (χ2n) is 6.26. The van der Waals surface area contributed by atoms with Gasteiger partial charge in [-0.15, -0.1) is 0 Å². The van der Waals surface area contributed by atoms with Crippen molar-refractivity contribution in [3.8, 4) is 0 Å². The Balaban J connectivity index is 2.15. The Morgan fingerprint density at radius 1 is 0.929 bits per heavy atom. The molecule has 2 aromatic rings. The number of carbonyl (C=O) groups is 3. The lowest BCUT2D eigenvalue weighted by atomic mass is 10.0. The van der Waals surface area contributed by atoms with E-state index in [4.69, 9.17) is 0 Å². The van der Waals surface area contributed by atoms with Crippen LogP contribution in [0.3, 0.4) is 0 Å². The fraction of sp³-hybridized carbons (Fsp3) is 0.286. The van der Waals surface area contributed by atoms with Crippen LogP contribution >= 0.6 is 11.8 Å². The molecule has 0 aromatic heterocycles. The topological polar surface area (TPSA) is 95.5 Å². The second kappa shape index (κ2) is 11.1. The average molecular weight is 401 g/mol. The summed E-state index contributed by atoms with van der Waals surface area (Å²) >= 11 is 1.51. The molecule has 3 N–H and O–H groups in total. The number of benzene rings is 2. The van der Waals surface area contributed by atoms with Gasteiger partial charge in [-0.2, -0.15) is 11.8 Å². The standard InChI is InChI=1S/C21H24N2O4S/c1-28-13-12-17(21(26)27)22-20(25)18(14-15-8-4-2-5-9-15)23-19(24)16-10-6-3-7-11-16/h2-11,17-18H,12-14H2,1H3,(H,22,25)(H,23,24)(H,26,27)/t17-,18+/m0/s1. The van der Waals surface area contributed by atoms with E-state index in [0.29, 0.717) is 17.7 Å². The molecule has 0 radical (unpaired) electrons. The van der Waals surface area contributed by atoms with E-state index in [-0.39, 0.29) is 12.3 Å². The summed E-state index contributed by atoms with van der Waals surface area (Å²) in [5, 5.41) is 14.7. The van der Waals surface area contributed by atoms with E-state index in [9.17, 15) is 19.5 Å². The zero-order chi connectivity index (χ0) is 20.4. The van der Waals surface area contributed by atoms with Gasteiger partial charge in [0.25, 0.3) is 5.91 Å². The molecular formula is C21H24N2O4S. The molecular weight excluding hydrogens is 376 g/mol. The van der Waals surface area contributed by atoms with Crippen LogP contribution < -0.4 is 10.6 Å². The van der Waals surface area contributed by atoms with Crippen LogP contribution in [-0.4, -0.2) is 47.0 Å². The summed E-state index contributed by atoms with van der Waals surface area (Å²) in [7, 11) is 0. The van der Waals surface area contributed by atoms with Crippen molar-refractivity contribution in [1.29, 1.82) is 0 Å². The van der Waals surface area contributed by atoms with E-state index in [1.165, 1.54) is 11.8 Å². The molecule has 2 rings (SSSR count). The van der Waals surface area contributed by atoms with Gasteiger partial charge in [-0.25, -0.2) is 4.79 Å². The van der Waals surface area contributed by atoms with E-state index < -0.39 is 24.0 Å². The van der Waals surface area contributed by atoms with Crippen LogP contribution in [0, 0.1) is 0 Å². The van der Waals surface area contributed by atoms with Crippen LogP contribution in [0.4, 0.5) is 0 Å². The highest BCUT2D eigenvalue weighted by Crippen LogP contribution is 2.07. The highest BCUT2D eigenvalue weighted by Gasteiger charge is 2.26. The van der Waals surface area contributed by atoms with Crippen molar-refractivity contribution in [3.05, 3.63) is 71.8 Å². The van der Waals surface area contributed by atoms with Gasteiger partial charge < -0.3 is 15.7 Å². The molecule has 0 spiro atoms. The SMILES string of the molecule is CSCC[C@H](NC(=O)[C@@H](Cc1ccccc1)NC(=O)c1ccccc1)C(=O)O. The molecule has 2 aromatic carbocycles. The van der Waals surface area contributed by atoms with Crippen LogP contribution in [0.15, 0.2) is 60.7 Å². The average Bonchev–Trinajstić information content (AvgIpc) is 2.71. The second-order valence-corrected chi connectivity index (χ2v) is 7.25. The van der Waals surface area contributed by atoms with Gasteiger partial charge in [-0.05, 0) is 36.1 Å². The first-order valence-electron chi connectivity index (χ1n) is 8.93. The van der Waals surface area contributed by atoms with E-state index in [1.807, 2.05) is 36.6 Å². The minimum Gasteiger partial charge on any atom is -0.480 e. The summed E-state index contributed by atoms with van der Waals surface area (Å²) in [4.78, 5) is 36.8. The minimum atomic E-state index is -1.09. The Bertz CT molecular complexity index is 784. The first-order valence-corrected chi connectivity index (χ1v) is 10.3. The molecule has 6 nitrogen and oxygen atoms in total. The van der Waals surface area contributed by atoms with Crippen LogP contribution in [0.1, 0.15) is 22.3 Å². The molecule has 7 heteroatoms. The normalized spacial score (nSPS) is 12.6. The third-order valence-electron chi connectivity index (χ3n) is 4.17. The minimum absolute atomic E-state index is 0.264. The van der Waals surface area contributed by atoms with Gasteiger partial charge in [-0.1, -0.05) is 48.5 Å². The third kappa shape index (κ3) is 6.74. The number of aliphatic carboxylic acids is 1. The van der Waals surface area contributed by atoms with Gasteiger partial charge in [0.2, 0.25) is 5.91 Å². The zero-order valence-electron chi connectivity index (χ0n) is 15.6. The maximum atomic E-state index is 12.8. The maximum absolute atomic E-state index is 12.8.